The Morgan fingerprint density at radius 2 is 1.68 bits per heavy atom. The van der Waals surface area contributed by atoms with Crippen molar-refractivity contribution in [1.29, 1.82) is 0 Å². The summed E-state index contributed by atoms with van der Waals surface area (Å²) in [7, 11) is 0. The Morgan fingerprint density at radius 3 is 2.40 bits per heavy atom. The molecule has 1 aliphatic heterocycles. The van der Waals surface area contributed by atoms with Gasteiger partial charge in [0.1, 0.15) is 13.2 Å². The van der Waals surface area contributed by atoms with Crippen LogP contribution in [0.15, 0.2) is 36.4 Å². The third-order valence-electron chi connectivity index (χ3n) is 3.26. The minimum absolute atomic E-state index is 0.267. The third kappa shape index (κ3) is 4.55. The van der Waals surface area contributed by atoms with Crippen LogP contribution in [0, 0.1) is 0 Å². The second-order valence-electron chi connectivity index (χ2n) is 5.14. The molecule has 0 bridgehead atoms. The van der Waals surface area contributed by atoms with Gasteiger partial charge in [0.25, 0.3) is 5.91 Å². The molecule has 0 unspecified atom stereocenters. The Balaban J connectivity index is 1.57. The second-order valence-corrected chi connectivity index (χ2v) is 6.01. The summed E-state index contributed by atoms with van der Waals surface area (Å²) >= 11 is 11.7. The summed E-state index contributed by atoms with van der Waals surface area (Å²) < 4.78 is 15.8. The Labute approximate surface area is 153 Å². The maximum Gasteiger partial charge on any atom is 0.338 e. The summed E-state index contributed by atoms with van der Waals surface area (Å²) in [6.07, 6.45) is 0. The molecule has 0 atom stereocenters. The highest BCUT2D eigenvalue weighted by molar-refractivity contribution is 6.35. The lowest BCUT2D eigenvalue weighted by Gasteiger charge is -2.18. The number of anilines is 1. The molecule has 25 heavy (non-hydrogen) atoms. The number of esters is 1. The molecule has 0 fully saturated rings. The Kier molecular flexibility index (Phi) is 5.31. The molecule has 0 saturated heterocycles. The first-order valence-corrected chi connectivity index (χ1v) is 8.09. The van der Waals surface area contributed by atoms with Gasteiger partial charge in [-0.05, 0) is 36.4 Å². The van der Waals surface area contributed by atoms with Gasteiger partial charge in [0.15, 0.2) is 18.1 Å². The molecule has 0 aromatic heterocycles. The SMILES string of the molecule is O=C(COC(=O)c1ccc2c(c1)OCCO2)Nc1cc(Cl)cc(Cl)c1. The molecule has 1 heterocycles. The molecule has 0 saturated carbocycles. The first-order valence-electron chi connectivity index (χ1n) is 7.34. The number of halogens is 2. The van der Waals surface area contributed by atoms with Crippen molar-refractivity contribution in [2.75, 3.05) is 25.1 Å². The van der Waals surface area contributed by atoms with Crippen LogP contribution in [0.3, 0.4) is 0 Å². The van der Waals surface area contributed by atoms with Gasteiger partial charge in [0, 0.05) is 15.7 Å². The molecule has 1 amide bonds. The molecule has 0 spiro atoms. The number of benzene rings is 2. The molecular weight excluding hydrogens is 369 g/mol. The minimum Gasteiger partial charge on any atom is -0.486 e. The van der Waals surface area contributed by atoms with Crippen LogP contribution in [-0.2, 0) is 9.53 Å². The highest BCUT2D eigenvalue weighted by atomic mass is 35.5. The van der Waals surface area contributed by atoms with Gasteiger partial charge in [0.05, 0.1) is 5.56 Å². The van der Waals surface area contributed by atoms with Crippen molar-refractivity contribution in [3.05, 3.63) is 52.0 Å². The van der Waals surface area contributed by atoms with Gasteiger partial charge < -0.3 is 19.5 Å². The quantitative estimate of drug-likeness (QED) is 0.819. The molecule has 0 radical (unpaired) electrons. The van der Waals surface area contributed by atoms with Crippen LogP contribution in [0.1, 0.15) is 10.4 Å². The van der Waals surface area contributed by atoms with Gasteiger partial charge in [0.2, 0.25) is 0 Å². The van der Waals surface area contributed by atoms with Crippen LogP contribution < -0.4 is 14.8 Å². The van der Waals surface area contributed by atoms with Gasteiger partial charge in [-0.25, -0.2) is 4.79 Å². The van der Waals surface area contributed by atoms with E-state index in [0.717, 1.165) is 0 Å². The minimum atomic E-state index is -0.642. The van der Waals surface area contributed by atoms with Crippen LogP contribution in [0.25, 0.3) is 0 Å². The van der Waals surface area contributed by atoms with Crippen LogP contribution in [0.2, 0.25) is 10.0 Å². The zero-order valence-electron chi connectivity index (χ0n) is 12.9. The van der Waals surface area contributed by atoms with Crippen LogP contribution in [0.5, 0.6) is 11.5 Å². The molecule has 130 valence electrons. The fraction of sp³-hybridized carbons (Fsp3) is 0.176. The maximum absolute atomic E-state index is 12.1. The van der Waals surface area contributed by atoms with E-state index in [0.29, 0.717) is 40.4 Å². The second kappa shape index (κ2) is 7.63. The molecule has 6 nitrogen and oxygen atoms in total. The Morgan fingerprint density at radius 1 is 1.00 bits per heavy atom. The van der Waals surface area contributed by atoms with E-state index in [1.54, 1.807) is 18.2 Å². The van der Waals surface area contributed by atoms with E-state index in [9.17, 15) is 9.59 Å². The van der Waals surface area contributed by atoms with E-state index in [1.165, 1.54) is 18.2 Å². The van der Waals surface area contributed by atoms with Crippen molar-refractivity contribution in [3.8, 4) is 11.5 Å². The Hall–Kier alpha value is -2.44. The zero-order valence-corrected chi connectivity index (χ0v) is 14.4. The van der Waals surface area contributed by atoms with Gasteiger partial charge in [-0.3, -0.25) is 4.79 Å². The first kappa shape index (κ1) is 17.4. The standard InChI is InChI=1S/C17H13Cl2NO5/c18-11-6-12(19)8-13(7-11)20-16(21)9-25-17(22)10-1-2-14-15(5-10)24-4-3-23-14/h1-2,5-8H,3-4,9H2,(H,20,21). The number of nitrogens with one attached hydrogen (secondary N) is 1. The predicted octanol–water partition coefficient (Wildman–Crippen LogP) is 3.56. The summed E-state index contributed by atoms with van der Waals surface area (Å²) in [6, 6.07) is 9.30. The van der Waals surface area contributed by atoms with E-state index in [2.05, 4.69) is 5.32 Å². The van der Waals surface area contributed by atoms with Crippen molar-refractivity contribution in [2.45, 2.75) is 0 Å². The van der Waals surface area contributed by atoms with E-state index in [-0.39, 0.29) is 5.56 Å². The van der Waals surface area contributed by atoms with Crippen LogP contribution in [0.4, 0.5) is 5.69 Å². The smallest absolute Gasteiger partial charge is 0.338 e. The lowest BCUT2D eigenvalue weighted by atomic mass is 10.2. The predicted molar refractivity (Wildman–Crippen MR) is 92.8 cm³/mol. The average molecular weight is 382 g/mol. The van der Waals surface area contributed by atoms with E-state index in [1.807, 2.05) is 0 Å². The van der Waals surface area contributed by atoms with Gasteiger partial charge in [-0.15, -0.1) is 0 Å². The summed E-state index contributed by atoms with van der Waals surface area (Å²) in [5.74, 6) is -0.113. The first-order chi connectivity index (χ1) is 12.0. The number of rotatable bonds is 4. The number of hydrogen-bond acceptors (Lipinski definition) is 5. The molecule has 3 rings (SSSR count). The number of amides is 1. The van der Waals surface area contributed by atoms with E-state index in [4.69, 9.17) is 37.4 Å². The van der Waals surface area contributed by atoms with Crippen molar-refractivity contribution >= 4 is 40.8 Å². The molecule has 2 aromatic carbocycles. The summed E-state index contributed by atoms with van der Waals surface area (Å²) in [5.41, 5.74) is 0.681. The number of fused-ring (bicyclic) bond motifs is 1. The fourth-order valence-corrected chi connectivity index (χ4v) is 2.73. The molecule has 1 aliphatic rings. The number of carbonyl (C=O) groups excluding carboxylic acids is 2. The van der Waals surface area contributed by atoms with Gasteiger partial charge in [-0.1, -0.05) is 23.2 Å². The third-order valence-corrected chi connectivity index (χ3v) is 3.69. The summed E-state index contributed by atoms with van der Waals surface area (Å²) in [5, 5.41) is 3.32. The lowest BCUT2D eigenvalue weighted by molar-refractivity contribution is -0.119. The lowest BCUT2D eigenvalue weighted by Crippen LogP contribution is -2.21. The topological polar surface area (TPSA) is 73.9 Å². The molecule has 8 heteroatoms. The highest BCUT2D eigenvalue weighted by Gasteiger charge is 2.16. The van der Waals surface area contributed by atoms with Crippen molar-refractivity contribution < 1.29 is 23.8 Å². The Bertz CT molecular complexity index is 804. The number of ether oxygens (including phenoxy) is 3. The van der Waals surface area contributed by atoms with Crippen molar-refractivity contribution in [2.24, 2.45) is 0 Å². The van der Waals surface area contributed by atoms with Gasteiger partial charge in [-0.2, -0.15) is 0 Å². The summed E-state index contributed by atoms with van der Waals surface area (Å²) in [6.45, 7) is 0.429. The molecule has 2 aromatic rings. The average Bonchev–Trinajstić information content (AvgIpc) is 2.58. The van der Waals surface area contributed by atoms with Gasteiger partial charge >= 0.3 is 5.97 Å². The molecule has 0 aliphatic carbocycles. The maximum atomic E-state index is 12.1. The molecule has 1 N–H and O–H groups in total. The van der Waals surface area contributed by atoms with Crippen molar-refractivity contribution in [1.82, 2.24) is 0 Å². The van der Waals surface area contributed by atoms with E-state index >= 15 is 0 Å². The number of hydrogen-bond donors (Lipinski definition) is 1. The monoisotopic (exact) mass is 381 g/mol. The highest BCUT2D eigenvalue weighted by Crippen LogP contribution is 2.31. The molecular formula is C17H13Cl2NO5. The zero-order chi connectivity index (χ0) is 17.8. The fourth-order valence-electron chi connectivity index (χ4n) is 2.21. The largest absolute Gasteiger partial charge is 0.486 e. The number of carbonyl (C=O) groups is 2. The summed E-state index contributed by atoms with van der Waals surface area (Å²) in [4.78, 5) is 23.9. The van der Waals surface area contributed by atoms with Crippen LogP contribution >= 0.6 is 23.2 Å². The normalized spacial score (nSPS) is 12.4. The van der Waals surface area contributed by atoms with E-state index < -0.39 is 18.5 Å². The van der Waals surface area contributed by atoms with Crippen molar-refractivity contribution in [3.63, 3.8) is 0 Å². The van der Waals surface area contributed by atoms with Crippen LogP contribution in [-0.4, -0.2) is 31.7 Å².